The minimum absolute atomic E-state index is 0.0330. The Labute approximate surface area is 50.0 Å². The fourth-order valence-corrected chi connectivity index (χ4v) is 0.376. The zero-order chi connectivity index (χ0) is 5.70. The Morgan fingerprint density at radius 2 is 2.29 bits per heavy atom. The fourth-order valence-electron chi connectivity index (χ4n) is 0.148. The molecule has 0 radical (unpaired) electrons. The van der Waals surface area contributed by atoms with Gasteiger partial charge in [0.1, 0.15) is 12.1 Å². The summed E-state index contributed by atoms with van der Waals surface area (Å²) in [5.41, 5.74) is 0. The highest BCUT2D eigenvalue weighted by molar-refractivity contribution is 9.09. The van der Waals surface area contributed by atoms with E-state index in [2.05, 4.69) is 15.9 Å². The van der Waals surface area contributed by atoms with E-state index in [1.54, 1.807) is 0 Å². The smallest absolute Gasteiger partial charge is 0.150 e. The van der Waals surface area contributed by atoms with Crippen molar-refractivity contribution in [2.75, 3.05) is 5.33 Å². The van der Waals surface area contributed by atoms with Crippen LogP contribution in [0.4, 0.5) is 0 Å². The van der Waals surface area contributed by atoms with E-state index in [0.717, 1.165) is 0 Å². The molecule has 3 heteroatoms. The molecule has 0 aromatic heterocycles. The van der Waals surface area contributed by atoms with Crippen LogP contribution in [0, 0.1) is 0 Å². The molecule has 0 saturated heterocycles. The standard InChI is InChI=1S/C4H5BrO2/c5-3-4(7)1-2-6/h2H,1,3H2. The maximum absolute atomic E-state index is 10.1. The van der Waals surface area contributed by atoms with Gasteiger partial charge in [-0.05, 0) is 0 Å². The molecule has 0 bridgehead atoms. The van der Waals surface area contributed by atoms with Crippen molar-refractivity contribution in [3.8, 4) is 0 Å². The van der Waals surface area contributed by atoms with Gasteiger partial charge in [0.25, 0.3) is 0 Å². The number of alkyl halides is 1. The Balaban J connectivity index is 3.17. The highest BCUT2D eigenvalue weighted by Crippen LogP contribution is 1.83. The molecule has 0 heterocycles. The zero-order valence-electron chi connectivity index (χ0n) is 3.69. The summed E-state index contributed by atoms with van der Waals surface area (Å²) >= 11 is 2.91. The molecule has 0 N–H and O–H groups in total. The number of ketones is 1. The summed E-state index contributed by atoms with van der Waals surface area (Å²) < 4.78 is 0. The largest absolute Gasteiger partial charge is 0.303 e. The molecule has 7 heavy (non-hydrogen) atoms. The van der Waals surface area contributed by atoms with Crippen LogP contribution in [0.3, 0.4) is 0 Å². The highest BCUT2D eigenvalue weighted by atomic mass is 79.9. The van der Waals surface area contributed by atoms with Crippen molar-refractivity contribution in [2.24, 2.45) is 0 Å². The molecule has 0 fully saturated rings. The molecule has 40 valence electrons. The summed E-state index contributed by atoms with van der Waals surface area (Å²) in [4.78, 5) is 19.7. The molecule has 0 unspecified atom stereocenters. The summed E-state index contributed by atoms with van der Waals surface area (Å²) in [6.45, 7) is 0. The van der Waals surface area contributed by atoms with Crippen LogP contribution >= 0.6 is 15.9 Å². The van der Waals surface area contributed by atoms with Crippen LogP contribution in [-0.2, 0) is 9.59 Å². The van der Waals surface area contributed by atoms with Crippen molar-refractivity contribution < 1.29 is 9.59 Å². The number of hydrogen-bond acceptors (Lipinski definition) is 2. The molecule has 0 aliphatic heterocycles. The molecule has 0 aliphatic carbocycles. The van der Waals surface area contributed by atoms with Crippen molar-refractivity contribution in [3.63, 3.8) is 0 Å². The van der Waals surface area contributed by atoms with Crippen molar-refractivity contribution in [2.45, 2.75) is 6.42 Å². The van der Waals surface area contributed by atoms with Crippen molar-refractivity contribution >= 4 is 28.0 Å². The first-order valence-electron chi connectivity index (χ1n) is 1.82. The first kappa shape index (κ1) is 6.82. The summed E-state index contributed by atoms with van der Waals surface area (Å²) in [6, 6.07) is 0. The molecule has 0 aromatic carbocycles. The number of halogens is 1. The van der Waals surface area contributed by atoms with Gasteiger partial charge in [-0.1, -0.05) is 15.9 Å². The molecule has 0 saturated carbocycles. The second-order valence-electron chi connectivity index (χ2n) is 1.04. The van der Waals surface area contributed by atoms with Crippen molar-refractivity contribution in [3.05, 3.63) is 0 Å². The number of aldehydes is 1. The minimum atomic E-state index is -0.0741. The molecule has 0 atom stereocenters. The predicted molar refractivity (Wildman–Crippen MR) is 29.5 cm³/mol. The second-order valence-corrected chi connectivity index (χ2v) is 1.60. The molecule has 0 aromatic rings. The van der Waals surface area contributed by atoms with Crippen LogP contribution in [0.1, 0.15) is 6.42 Å². The van der Waals surface area contributed by atoms with Crippen molar-refractivity contribution in [1.82, 2.24) is 0 Å². The minimum Gasteiger partial charge on any atom is -0.303 e. The quantitative estimate of drug-likeness (QED) is 0.347. The number of carbonyl (C=O) groups excluding carboxylic acids is 2. The molecule has 0 amide bonds. The van der Waals surface area contributed by atoms with Gasteiger partial charge in [-0.3, -0.25) is 4.79 Å². The number of carbonyl (C=O) groups is 2. The van der Waals surface area contributed by atoms with Crippen LogP contribution < -0.4 is 0 Å². The summed E-state index contributed by atoms with van der Waals surface area (Å²) in [5.74, 6) is -0.0741. The Bertz CT molecular complexity index is 79.8. The third-order valence-corrected chi connectivity index (χ3v) is 1.09. The lowest BCUT2D eigenvalue weighted by Crippen LogP contribution is -1.97. The lowest BCUT2D eigenvalue weighted by Gasteiger charge is -1.79. The van der Waals surface area contributed by atoms with E-state index in [-0.39, 0.29) is 17.5 Å². The summed E-state index contributed by atoms with van der Waals surface area (Å²) in [7, 11) is 0. The van der Waals surface area contributed by atoms with Gasteiger partial charge in [0, 0.05) is 0 Å². The van der Waals surface area contributed by atoms with Gasteiger partial charge in [-0.15, -0.1) is 0 Å². The van der Waals surface area contributed by atoms with Crippen LogP contribution in [0.5, 0.6) is 0 Å². The highest BCUT2D eigenvalue weighted by Gasteiger charge is 1.93. The van der Waals surface area contributed by atoms with Crippen LogP contribution in [0.2, 0.25) is 0 Å². The van der Waals surface area contributed by atoms with Crippen LogP contribution in [-0.4, -0.2) is 17.4 Å². The summed E-state index contributed by atoms with van der Waals surface area (Å²) in [5, 5.41) is 0.283. The zero-order valence-corrected chi connectivity index (χ0v) is 5.27. The number of Topliss-reactive ketones (excluding diaryl/α,β-unsaturated/α-hetero) is 1. The third-order valence-electron chi connectivity index (χ3n) is 0.460. The van der Waals surface area contributed by atoms with Crippen molar-refractivity contribution in [1.29, 1.82) is 0 Å². The van der Waals surface area contributed by atoms with Gasteiger partial charge in [-0.2, -0.15) is 0 Å². The number of hydrogen-bond donors (Lipinski definition) is 0. The topological polar surface area (TPSA) is 34.1 Å². The number of rotatable bonds is 3. The first-order chi connectivity index (χ1) is 3.31. The maximum atomic E-state index is 10.1. The SMILES string of the molecule is O=CCC(=O)CBr. The van der Waals surface area contributed by atoms with Gasteiger partial charge >= 0.3 is 0 Å². The van der Waals surface area contributed by atoms with E-state index in [0.29, 0.717) is 6.29 Å². The van der Waals surface area contributed by atoms with E-state index in [1.165, 1.54) is 0 Å². The van der Waals surface area contributed by atoms with Gasteiger partial charge in [0.15, 0.2) is 0 Å². The average Bonchev–Trinajstić information content (AvgIpc) is 1.68. The van der Waals surface area contributed by atoms with E-state index in [4.69, 9.17) is 0 Å². The Kier molecular flexibility index (Phi) is 3.89. The Morgan fingerprint density at radius 1 is 1.71 bits per heavy atom. The molecule has 0 aliphatic rings. The monoisotopic (exact) mass is 164 g/mol. The maximum Gasteiger partial charge on any atom is 0.150 e. The Morgan fingerprint density at radius 3 is 2.43 bits per heavy atom. The van der Waals surface area contributed by atoms with E-state index >= 15 is 0 Å². The van der Waals surface area contributed by atoms with Gasteiger partial charge in [0.05, 0.1) is 11.8 Å². The van der Waals surface area contributed by atoms with Gasteiger partial charge in [-0.25, -0.2) is 0 Å². The average molecular weight is 165 g/mol. The molecular formula is C4H5BrO2. The van der Waals surface area contributed by atoms with E-state index in [9.17, 15) is 9.59 Å². The van der Waals surface area contributed by atoms with E-state index in [1.807, 2.05) is 0 Å². The predicted octanol–water partition coefficient (Wildman–Crippen LogP) is 0.539. The second kappa shape index (κ2) is 3.99. The molecule has 0 spiro atoms. The van der Waals surface area contributed by atoms with Gasteiger partial charge in [0.2, 0.25) is 0 Å². The third kappa shape index (κ3) is 3.66. The normalized spacial score (nSPS) is 8.14. The molecular weight excluding hydrogens is 160 g/mol. The lowest BCUT2D eigenvalue weighted by atomic mass is 10.3. The summed E-state index contributed by atoms with van der Waals surface area (Å²) in [6.07, 6.45) is 0.634. The van der Waals surface area contributed by atoms with Crippen LogP contribution in [0.15, 0.2) is 0 Å². The Hall–Kier alpha value is -0.180. The first-order valence-corrected chi connectivity index (χ1v) is 2.94. The molecule has 0 rings (SSSR count). The van der Waals surface area contributed by atoms with E-state index < -0.39 is 0 Å². The molecule has 2 nitrogen and oxygen atoms in total. The van der Waals surface area contributed by atoms with Crippen LogP contribution in [0.25, 0.3) is 0 Å². The fraction of sp³-hybridized carbons (Fsp3) is 0.500. The lowest BCUT2D eigenvalue weighted by molar-refractivity contribution is -0.120. The van der Waals surface area contributed by atoms with Gasteiger partial charge < -0.3 is 4.79 Å².